The molecule has 6 nitrogen and oxygen atoms in total. The van der Waals surface area contributed by atoms with E-state index in [2.05, 4.69) is 38.2 Å². The minimum absolute atomic E-state index is 0.0128. The largest absolute Gasteiger partial charge is 0.394 e. The van der Waals surface area contributed by atoms with Crippen LogP contribution in [0.15, 0.2) is 24.3 Å². The van der Waals surface area contributed by atoms with Gasteiger partial charge in [-0.25, -0.2) is 0 Å². The number of ether oxygens (including phenoxy) is 5. The van der Waals surface area contributed by atoms with Crippen molar-refractivity contribution in [3.8, 4) is 0 Å². The lowest BCUT2D eigenvalue weighted by Crippen LogP contribution is -2.27. The van der Waals surface area contributed by atoms with Gasteiger partial charge in [-0.05, 0) is 83.5 Å². The molecular formula is C48H94O6. The molecule has 0 amide bonds. The SMILES string of the molecule is CCCCCCCC/C=C\CCCCCCCCOCC(COCCOCCCCCOCCO)OCCCCCCCC/C=C\CCCCCCCC. The molecule has 1 atom stereocenters. The molecule has 0 saturated heterocycles. The average Bonchev–Trinajstić information content (AvgIpc) is 3.18. The van der Waals surface area contributed by atoms with Crippen LogP contribution >= 0.6 is 0 Å². The number of hydrogen-bond acceptors (Lipinski definition) is 6. The Morgan fingerprint density at radius 2 is 0.648 bits per heavy atom. The molecule has 0 aliphatic carbocycles. The smallest absolute Gasteiger partial charge is 0.104 e. The molecule has 0 aromatic carbocycles. The summed E-state index contributed by atoms with van der Waals surface area (Å²) in [6.07, 6.45) is 49.7. The van der Waals surface area contributed by atoms with Gasteiger partial charge in [0, 0.05) is 26.4 Å². The second kappa shape index (κ2) is 50.3. The molecule has 1 N–H and O–H groups in total. The van der Waals surface area contributed by atoms with Crippen molar-refractivity contribution in [3.63, 3.8) is 0 Å². The lowest BCUT2D eigenvalue weighted by Gasteiger charge is -2.18. The van der Waals surface area contributed by atoms with E-state index in [1.165, 1.54) is 167 Å². The predicted octanol–water partition coefficient (Wildman–Crippen LogP) is 13.7. The highest BCUT2D eigenvalue weighted by molar-refractivity contribution is 4.82. The summed E-state index contributed by atoms with van der Waals surface area (Å²) in [7, 11) is 0. The first-order valence-electron chi connectivity index (χ1n) is 23.7. The third-order valence-corrected chi connectivity index (χ3v) is 10.1. The monoisotopic (exact) mass is 767 g/mol. The number of allylic oxidation sites excluding steroid dienone is 4. The number of aliphatic hydroxyl groups excluding tert-OH is 1. The zero-order valence-electron chi connectivity index (χ0n) is 36.4. The van der Waals surface area contributed by atoms with Gasteiger partial charge in [-0.3, -0.25) is 0 Å². The first-order valence-corrected chi connectivity index (χ1v) is 23.7. The Morgan fingerprint density at radius 3 is 1.09 bits per heavy atom. The molecule has 1 unspecified atom stereocenters. The summed E-state index contributed by atoms with van der Waals surface area (Å²) in [5, 5.41) is 8.76. The van der Waals surface area contributed by atoms with E-state index in [9.17, 15) is 0 Å². The molecule has 0 aromatic rings. The van der Waals surface area contributed by atoms with Crippen LogP contribution in [0.5, 0.6) is 0 Å². The van der Waals surface area contributed by atoms with Crippen LogP contribution in [0.25, 0.3) is 0 Å². The molecule has 0 spiro atoms. The minimum atomic E-state index is -0.0128. The number of rotatable bonds is 48. The van der Waals surface area contributed by atoms with E-state index in [4.69, 9.17) is 28.8 Å². The molecule has 0 aliphatic rings. The van der Waals surface area contributed by atoms with Crippen LogP contribution in [0.3, 0.4) is 0 Å². The molecule has 0 bridgehead atoms. The molecule has 322 valence electrons. The molecule has 0 aromatic heterocycles. The van der Waals surface area contributed by atoms with E-state index < -0.39 is 0 Å². The van der Waals surface area contributed by atoms with Crippen molar-refractivity contribution < 1.29 is 28.8 Å². The van der Waals surface area contributed by atoms with Crippen molar-refractivity contribution in [2.75, 3.05) is 66.1 Å². The molecule has 6 heteroatoms. The van der Waals surface area contributed by atoms with E-state index in [0.29, 0.717) is 39.6 Å². The molecule has 0 radical (unpaired) electrons. The standard InChI is InChI=1S/C48H94O6/c1-3-5-7-9-11-13-15-17-19-21-23-25-27-29-31-34-41-52-46-48(47-53-45-44-51-40-36-33-35-39-50-43-38-49)54-42-37-32-30-28-26-24-22-20-18-16-14-12-10-8-6-4-2/h17-20,48-49H,3-16,21-47H2,1-2H3/b19-17-,20-18-. The number of hydrogen-bond donors (Lipinski definition) is 1. The van der Waals surface area contributed by atoms with E-state index in [1.54, 1.807) is 0 Å². The lowest BCUT2D eigenvalue weighted by atomic mass is 10.1. The Labute approximate surface area is 337 Å². The van der Waals surface area contributed by atoms with Gasteiger partial charge in [-0.15, -0.1) is 0 Å². The second-order valence-corrected chi connectivity index (χ2v) is 15.5. The normalized spacial score (nSPS) is 12.6. The molecule has 0 fully saturated rings. The summed E-state index contributed by atoms with van der Waals surface area (Å²) >= 11 is 0. The molecule has 0 aliphatic heterocycles. The first-order chi connectivity index (χ1) is 26.8. The third-order valence-electron chi connectivity index (χ3n) is 10.1. The maximum absolute atomic E-state index is 8.76. The van der Waals surface area contributed by atoms with Gasteiger partial charge in [0.25, 0.3) is 0 Å². The van der Waals surface area contributed by atoms with E-state index in [1.807, 2.05) is 0 Å². The summed E-state index contributed by atoms with van der Waals surface area (Å²) in [6, 6.07) is 0. The summed E-state index contributed by atoms with van der Waals surface area (Å²) in [6.45, 7) is 10.5. The molecule has 0 heterocycles. The maximum atomic E-state index is 8.76. The van der Waals surface area contributed by atoms with Crippen LogP contribution < -0.4 is 0 Å². The summed E-state index contributed by atoms with van der Waals surface area (Å²) in [5.41, 5.74) is 0. The predicted molar refractivity (Wildman–Crippen MR) is 233 cm³/mol. The molecular weight excluding hydrogens is 673 g/mol. The average molecular weight is 767 g/mol. The zero-order chi connectivity index (χ0) is 38.9. The highest BCUT2D eigenvalue weighted by atomic mass is 16.6. The summed E-state index contributed by atoms with van der Waals surface area (Å²) in [5.74, 6) is 0. The Hall–Kier alpha value is -0.760. The second-order valence-electron chi connectivity index (χ2n) is 15.5. The Morgan fingerprint density at radius 1 is 0.333 bits per heavy atom. The van der Waals surface area contributed by atoms with Gasteiger partial charge in [-0.2, -0.15) is 0 Å². The van der Waals surface area contributed by atoms with Crippen molar-refractivity contribution in [2.24, 2.45) is 0 Å². The van der Waals surface area contributed by atoms with Crippen molar-refractivity contribution in [3.05, 3.63) is 24.3 Å². The zero-order valence-corrected chi connectivity index (χ0v) is 36.4. The van der Waals surface area contributed by atoms with Gasteiger partial charge in [-0.1, -0.05) is 154 Å². The third kappa shape index (κ3) is 47.4. The Kier molecular flexibility index (Phi) is 49.6. The van der Waals surface area contributed by atoms with Crippen LogP contribution in [0.2, 0.25) is 0 Å². The van der Waals surface area contributed by atoms with Crippen LogP contribution in [0.4, 0.5) is 0 Å². The van der Waals surface area contributed by atoms with Gasteiger partial charge in [0.2, 0.25) is 0 Å². The van der Waals surface area contributed by atoms with Crippen molar-refractivity contribution in [1.29, 1.82) is 0 Å². The van der Waals surface area contributed by atoms with Crippen LogP contribution in [0, 0.1) is 0 Å². The summed E-state index contributed by atoms with van der Waals surface area (Å²) in [4.78, 5) is 0. The van der Waals surface area contributed by atoms with E-state index >= 15 is 0 Å². The fraction of sp³-hybridized carbons (Fsp3) is 0.917. The first kappa shape index (κ1) is 53.2. The molecule has 0 rings (SSSR count). The maximum Gasteiger partial charge on any atom is 0.104 e. The van der Waals surface area contributed by atoms with Crippen molar-refractivity contribution in [2.45, 2.75) is 219 Å². The van der Waals surface area contributed by atoms with Gasteiger partial charge in [0.15, 0.2) is 0 Å². The van der Waals surface area contributed by atoms with Crippen LogP contribution in [0.1, 0.15) is 213 Å². The van der Waals surface area contributed by atoms with E-state index in [-0.39, 0.29) is 12.7 Å². The van der Waals surface area contributed by atoms with Crippen LogP contribution in [-0.2, 0) is 23.7 Å². The Bertz CT molecular complexity index is 713. The van der Waals surface area contributed by atoms with Gasteiger partial charge in [0.05, 0.1) is 39.6 Å². The molecule has 54 heavy (non-hydrogen) atoms. The van der Waals surface area contributed by atoms with Crippen molar-refractivity contribution >= 4 is 0 Å². The number of aliphatic hydroxyl groups is 1. The fourth-order valence-corrected chi connectivity index (χ4v) is 6.60. The fourth-order valence-electron chi connectivity index (χ4n) is 6.60. The van der Waals surface area contributed by atoms with Gasteiger partial charge < -0.3 is 28.8 Å². The minimum Gasteiger partial charge on any atom is -0.394 e. The topological polar surface area (TPSA) is 66.4 Å². The Balaban J connectivity index is 3.97. The van der Waals surface area contributed by atoms with Crippen molar-refractivity contribution in [1.82, 2.24) is 0 Å². The van der Waals surface area contributed by atoms with Gasteiger partial charge >= 0.3 is 0 Å². The van der Waals surface area contributed by atoms with Crippen LogP contribution in [-0.4, -0.2) is 77.3 Å². The summed E-state index contributed by atoms with van der Waals surface area (Å²) < 4.78 is 29.4. The molecule has 0 saturated carbocycles. The lowest BCUT2D eigenvalue weighted by molar-refractivity contribution is -0.0681. The van der Waals surface area contributed by atoms with Gasteiger partial charge in [0.1, 0.15) is 6.10 Å². The highest BCUT2D eigenvalue weighted by Crippen LogP contribution is 2.12. The van der Waals surface area contributed by atoms with E-state index in [0.717, 1.165) is 51.9 Å². The quantitative estimate of drug-likeness (QED) is 0.0491. The number of unbranched alkanes of at least 4 members (excludes halogenated alkanes) is 26. The highest BCUT2D eigenvalue weighted by Gasteiger charge is 2.10.